The molecule has 0 aromatic heterocycles. The second-order valence-electron chi connectivity index (χ2n) is 1.95. The van der Waals surface area contributed by atoms with E-state index in [2.05, 4.69) is 0 Å². The van der Waals surface area contributed by atoms with Gasteiger partial charge >= 0.3 is 18.9 Å². The van der Waals surface area contributed by atoms with Crippen molar-refractivity contribution in [3.8, 4) is 0 Å². The summed E-state index contributed by atoms with van der Waals surface area (Å²) >= 11 is 0. The minimum atomic E-state index is -0.185. The van der Waals surface area contributed by atoms with Gasteiger partial charge in [-0.25, -0.2) is 0 Å². The van der Waals surface area contributed by atoms with Crippen LogP contribution in [0.1, 0.15) is 13.3 Å². The molecule has 0 N–H and O–H groups in total. The van der Waals surface area contributed by atoms with Crippen LogP contribution in [0.5, 0.6) is 0 Å². The van der Waals surface area contributed by atoms with Crippen LogP contribution in [0.3, 0.4) is 0 Å². The summed E-state index contributed by atoms with van der Waals surface area (Å²) in [6.45, 7) is 7.24. The normalized spacial score (nSPS) is 9.20. The Hall–Kier alpha value is 0.257. The van der Waals surface area contributed by atoms with Gasteiger partial charge in [0.15, 0.2) is 6.29 Å². The standard InChI is InChI=1S/C7H13O2.Li/c1-6(2)5-7(8-3)9-4;/h1,7H,5H2,2-4H3;/q-1;+1. The molecule has 0 amide bonds. The number of hydrogen-bond donors (Lipinski definition) is 0. The van der Waals surface area contributed by atoms with E-state index < -0.39 is 0 Å². The molecule has 0 heterocycles. The minimum absolute atomic E-state index is 0. The topological polar surface area (TPSA) is 18.5 Å². The van der Waals surface area contributed by atoms with E-state index in [0.717, 1.165) is 5.57 Å². The van der Waals surface area contributed by atoms with E-state index in [1.165, 1.54) is 0 Å². The first-order chi connectivity index (χ1) is 4.20. The zero-order valence-electron chi connectivity index (χ0n) is 7.18. The molecular weight excluding hydrogens is 123 g/mol. The first-order valence-corrected chi connectivity index (χ1v) is 2.84. The molecule has 0 aliphatic rings. The second kappa shape index (κ2) is 7.37. The smallest absolute Gasteiger partial charge is 0.515 e. The molecule has 0 fully saturated rings. The Kier molecular flexibility index (Phi) is 9.50. The van der Waals surface area contributed by atoms with E-state index in [4.69, 9.17) is 16.1 Å². The summed E-state index contributed by atoms with van der Waals surface area (Å²) in [4.78, 5) is 0. The summed E-state index contributed by atoms with van der Waals surface area (Å²) in [6, 6.07) is 0. The molecule has 2 nitrogen and oxygen atoms in total. The Morgan fingerprint density at radius 1 is 1.40 bits per heavy atom. The van der Waals surface area contributed by atoms with Crippen molar-refractivity contribution in [2.75, 3.05) is 14.2 Å². The van der Waals surface area contributed by atoms with Crippen LogP contribution in [0.15, 0.2) is 5.57 Å². The van der Waals surface area contributed by atoms with Crippen molar-refractivity contribution >= 4 is 0 Å². The van der Waals surface area contributed by atoms with Crippen molar-refractivity contribution in [3.05, 3.63) is 12.2 Å². The van der Waals surface area contributed by atoms with Gasteiger partial charge in [0, 0.05) is 14.2 Å². The number of hydrogen-bond acceptors (Lipinski definition) is 2. The average molecular weight is 136 g/mol. The molecule has 0 unspecified atom stereocenters. The monoisotopic (exact) mass is 136 g/mol. The fourth-order valence-electron chi connectivity index (χ4n) is 0.526. The molecule has 0 aliphatic heterocycles. The molecule has 0 atom stereocenters. The maximum atomic E-state index is 5.40. The fourth-order valence-corrected chi connectivity index (χ4v) is 0.526. The van der Waals surface area contributed by atoms with Gasteiger partial charge in [0.2, 0.25) is 0 Å². The van der Waals surface area contributed by atoms with Crippen molar-refractivity contribution in [3.63, 3.8) is 0 Å². The van der Waals surface area contributed by atoms with Crippen LogP contribution in [0.2, 0.25) is 0 Å². The van der Waals surface area contributed by atoms with Gasteiger partial charge in [-0.1, -0.05) is 6.92 Å². The van der Waals surface area contributed by atoms with Gasteiger partial charge in [-0.3, -0.25) is 5.57 Å². The minimum Gasteiger partial charge on any atom is -0.515 e. The van der Waals surface area contributed by atoms with Gasteiger partial charge in [0.25, 0.3) is 0 Å². The van der Waals surface area contributed by atoms with Crippen molar-refractivity contribution in [2.24, 2.45) is 0 Å². The quantitative estimate of drug-likeness (QED) is 0.263. The molecule has 3 heteroatoms. The average Bonchev–Trinajstić information content (AvgIpc) is 1.82. The van der Waals surface area contributed by atoms with Gasteiger partial charge in [-0.05, 0) is 6.42 Å². The van der Waals surface area contributed by atoms with Crippen LogP contribution < -0.4 is 18.9 Å². The van der Waals surface area contributed by atoms with Crippen LogP contribution >= 0.6 is 0 Å². The predicted octanol–water partition coefficient (Wildman–Crippen LogP) is -1.62. The molecule has 0 aromatic rings. The maximum Gasteiger partial charge on any atom is 1.00 e. The number of ether oxygens (including phenoxy) is 2. The summed E-state index contributed by atoms with van der Waals surface area (Å²) in [5.74, 6) is 0. The first kappa shape index (κ1) is 12.9. The first-order valence-electron chi connectivity index (χ1n) is 2.84. The zero-order chi connectivity index (χ0) is 7.28. The summed E-state index contributed by atoms with van der Waals surface area (Å²) in [7, 11) is 3.19. The second-order valence-corrected chi connectivity index (χ2v) is 1.95. The summed E-state index contributed by atoms with van der Waals surface area (Å²) in [6.07, 6.45) is 0.475. The van der Waals surface area contributed by atoms with Crippen molar-refractivity contribution in [1.29, 1.82) is 0 Å². The summed E-state index contributed by atoms with van der Waals surface area (Å²) in [5, 5.41) is 0. The molecule has 0 rings (SSSR count). The number of methoxy groups -OCH3 is 2. The molecule has 0 aliphatic carbocycles. The Labute approximate surface area is 74.8 Å². The Balaban J connectivity index is 0. The van der Waals surface area contributed by atoms with Gasteiger partial charge < -0.3 is 16.1 Å². The van der Waals surface area contributed by atoms with Crippen LogP contribution in [-0.2, 0) is 9.47 Å². The predicted molar refractivity (Wildman–Crippen MR) is 35.9 cm³/mol. The van der Waals surface area contributed by atoms with E-state index >= 15 is 0 Å². The van der Waals surface area contributed by atoms with Crippen LogP contribution in [0, 0.1) is 6.58 Å². The Morgan fingerprint density at radius 2 is 1.80 bits per heavy atom. The third-order valence-electron chi connectivity index (χ3n) is 1.01. The third kappa shape index (κ3) is 6.38. The summed E-state index contributed by atoms with van der Waals surface area (Å²) < 4.78 is 9.77. The van der Waals surface area contributed by atoms with Crippen LogP contribution in [0.25, 0.3) is 0 Å². The largest absolute Gasteiger partial charge is 1.00 e. The van der Waals surface area contributed by atoms with Crippen LogP contribution in [0.4, 0.5) is 0 Å². The van der Waals surface area contributed by atoms with Crippen LogP contribution in [-0.4, -0.2) is 20.5 Å². The zero-order valence-corrected chi connectivity index (χ0v) is 7.18. The van der Waals surface area contributed by atoms with Crippen molar-refractivity contribution in [1.82, 2.24) is 0 Å². The fraction of sp³-hybridized carbons (Fsp3) is 0.714. The molecule has 0 spiro atoms. The molecule has 0 radical (unpaired) electrons. The number of rotatable bonds is 4. The summed E-state index contributed by atoms with van der Waals surface area (Å²) in [5.41, 5.74) is 0.823. The van der Waals surface area contributed by atoms with Gasteiger partial charge in [-0.15, -0.1) is 0 Å². The Morgan fingerprint density at radius 3 is 1.90 bits per heavy atom. The van der Waals surface area contributed by atoms with E-state index in [9.17, 15) is 0 Å². The van der Waals surface area contributed by atoms with E-state index in [-0.39, 0.29) is 25.2 Å². The van der Waals surface area contributed by atoms with E-state index in [0.29, 0.717) is 6.42 Å². The van der Waals surface area contributed by atoms with E-state index in [1.54, 1.807) is 14.2 Å². The van der Waals surface area contributed by atoms with Crippen molar-refractivity contribution < 1.29 is 28.3 Å². The van der Waals surface area contributed by atoms with E-state index in [1.807, 2.05) is 6.92 Å². The maximum absolute atomic E-state index is 5.40. The molecular formula is C7H13LiO2. The molecule has 0 bridgehead atoms. The Bertz CT molecular complexity index is 89.6. The molecule has 54 valence electrons. The molecule has 0 saturated carbocycles. The van der Waals surface area contributed by atoms with Gasteiger partial charge in [-0.2, -0.15) is 0 Å². The third-order valence-corrected chi connectivity index (χ3v) is 1.01. The van der Waals surface area contributed by atoms with Gasteiger partial charge in [0.05, 0.1) is 0 Å². The molecule has 0 aromatic carbocycles. The molecule has 0 saturated heterocycles. The van der Waals surface area contributed by atoms with Gasteiger partial charge in [0.1, 0.15) is 0 Å². The SMILES string of the molecule is [CH-]=C(C)CC(OC)OC.[Li+]. The molecule has 10 heavy (non-hydrogen) atoms. The van der Waals surface area contributed by atoms with Crippen molar-refractivity contribution in [2.45, 2.75) is 19.6 Å².